The lowest BCUT2D eigenvalue weighted by atomic mass is 10.3. The van der Waals surface area contributed by atoms with Crippen LogP contribution in [-0.2, 0) is 4.79 Å². The van der Waals surface area contributed by atoms with Crippen LogP contribution in [0.3, 0.4) is 0 Å². The van der Waals surface area contributed by atoms with Gasteiger partial charge in [0.2, 0.25) is 23.1 Å². The third-order valence-corrected chi connectivity index (χ3v) is 2.40. The Hall–Kier alpha value is -1.63. The molecule has 0 aliphatic carbocycles. The molecule has 0 fully saturated rings. The van der Waals surface area contributed by atoms with Gasteiger partial charge in [-0.15, -0.1) is 0 Å². The minimum absolute atomic E-state index is 0.0167. The molecule has 1 heterocycles. The normalized spacial score (nSPS) is 10.4. The molecule has 0 aromatic carbocycles. The average molecular weight is 301 g/mol. The van der Waals surface area contributed by atoms with Crippen LogP contribution in [0.2, 0.25) is 5.28 Å². The average Bonchev–Trinajstić information content (AvgIpc) is 2.35. The van der Waals surface area contributed by atoms with E-state index in [4.69, 9.17) is 11.6 Å². The van der Waals surface area contributed by atoms with E-state index in [9.17, 15) is 4.79 Å². The molecule has 0 aliphatic heterocycles. The summed E-state index contributed by atoms with van der Waals surface area (Å²) >= 11 is 5.82. The molecule has 8 heteroatoms. The van der Waals surface area contributed by atoms with Crippen LogP contribution in [0.25, 0.3) is 0 Å². The first-order valence-corrected chi connectivity index (χ1v) is 7.07. The molecule has 3 N–H and O–H groups in total. The number of halogens is 1. The molecule has 1 aromatic rings. The molecule has 0 aliphatic rings. The largest absolute Gasteiger partial charge is 0.354 e. The third kappa shape index (κ3) is 6.51. The van der Waals surface area contributed by atoms with Gasteiger partial charge >= 0.3 is 0 Å². The highest BCUT2D eigenvalue weighted by Crippen LogP contribution is 2.09. The molecule has 0 unspecified atom stereocenters. The van der Waals surface area contributed by atoms with Crippen LogP contribution in [0.4, 0.5) is 11.9 Å². The maximum absolute atomic E-state index is 11.5. The summed E-state index contributed by atoms with van der Waals surface area (Å²) in [6, 6.07) is 0.138. The quantitative estimate of drug-likeness (QED) is 0.676. The zero-order valence-electron chi connectivity index (χ0n) is 12.0. The van der Waals surface area contributed by atoms with E-state index in [1.807, 2.05) is 20.8 Å². The van der Waals surface area contributed by atoms with Crippen molar-refractivity contribution < 1.29 is 4.79 Å². The van der Waals surface area contributed by atoms with Crippen LogP contribution in [0, 0.1) is 0 Å². The maximum Gasteiger partial charge on any atom is 0.228 e. The highest BCUT2D eigenvalue weighted by Gasteiger charge is 2.06. The Morgan fingerprint density at radius 1 is 1.15 bits per heavy atom. The van der Waals surface area contributed by atoms with Gasteiger partial charge in [0, 0.05) is 25.6 Å². The Morgan fingerprint density at radius 3 is 2.30 bits per heavy atom. The molecule has 7 nitrogen and oxygen atoms in total. The maximum atomic E-state index is 11.5. The molecule has 0 saturated carbocycles. The summed E-state index contributed by atoms with van der Waals surface area (Å²) in [6.07, 6.45) is 1.31. The number of rotatable bonds is 8. The Labute approximate surface area is 123 Å². The number of hydrogen-bond donors (Lipinski definition) is 3. The standard InChI is InChI=1S/C12H21ClN6O/c1-4-6-14-11-17-10(13)18-12(19-11)15-7-5-9(20)16-8(2)3/h8H,4-7H2,1-3H3,(H,16,20)(H2,14,15,17,18,19). The molecule has 0 atom stereocenters. The van der Waals surface area contributed by atoms with Crippen molar-refractivity contribution in [2.24, 2.45) is 0 Å². The second-order valence-electron chi connectivity index (χ2n) is 4.58. The van der Waals surface area contributed by atoms with Gasteiger partial charge < -0.3 is 16.0 Å². The van der Waals surface area contributed by atoms with E-state index >= 15 is 0 Å². The van der Waals surface area contributed by atoms with Crippen molar-refractivity contribution in [1.29, 1.82) is 0 Å². The molecule has 0 saturated heterocycles. The van der Waals surface area contributed by atoms with Crippen molar-refractivity contribution in [3.63, 3.8) is 0 Å². The number of nitrogens with one attached hydrogen (secondary N) is 3. The van der Waals surface area contributed by atoms with Gasteiger partial charge in [0.25, 0.3) is 0 Å². The Bertz CT molecular complexity index is 440. The van der Waals surface area contributed by atoms with Crippen molar-refractivity contribution in [2.45, 2.75) is 39.7 Å². The lowest BCUT2D eigenvalue weighted by Crippen LogP contribution is -2.31. The molecule has 1 aromatic heterocycles. The molecule has 1 amide bonds. The van der Waals surface area contributed by atoms with E-state index in [1.165, 1.54) is 0 Å². The summed E-state index contributed by atoms with van der Waals surface area (Å²) in [5.41, 5.74) is 0. The van der Waals surface area contributed by atoms with Crippen molar-refractivity contribution >= 4 is 29.4 Å². The summed E-state index contributed by atoms with van der Waals surface area (Å²) < 4.78 is 0. The van der Waals surface area contributed by atoms with E-state index in [2.05, 4.69) is 30.9 Å². The van der Waals surface area contributed by atoms with Crippen molar-refractivity contribution in [2.75, 3.05) is 23.7 Å². The Balaban J connectivity index is 2.46. The molecule has 0 radical (unpaired) electrons. The molecule has 112 valence electrons. The topological polar surface area (TPSA) is 91.8 Å². The summed E-state index contributed by atoms with van der Waals surface area (Å²) in [5, 5.41) is 8.92. The number of carbonyl (C=O) groups excluding carboxylic acids is 1. The predicted molar refractivity (Wildman–Crippen MR) is 80.0 cm³/mol. The van der Waals surface area contributed by atoms with Gasteiger partial charge in [-0.2, -0.15) is 15.0 Å². The number of amides is 1. The predicted octanol–water partition coefficient (Wildman–Crippen LogP) is 1.67. The van der Waals surface area contributed by atoms with Crippen molar-refractivity contribution in [3.8, 4) is 0 Å². The number of hydrogen-bond acceptors (Lipinski definition) is 6. The third-order valence-electron chi connectivity index (χ3n) is 2.23. The molecular formula is C12H21ClN6O. The monoisotopic (exact) mass is 300 g/mol. The molecule has 0 spiro atoms. The highest BCUT2D eigenvalue weighted by molar-refractivity contribution is 6.28. The lowest BCUT2D eigenvalue weighted by molar-refractivity contribution is -0.121. The molecule has 0 bridgehead atoms. The van der Waals surface area contributed by atoms with Crippen molar-refractivity contribution in [3.05, 3.63) is 5.28 Å². The van der Waals surface area contributed by atoms with Gasteiger partial charge in [0.05, 0.1) is 0 Å². The zero-order valence-corrected chi connectivity index (χ0v) is 12.8. The number of nitrogens with zero attached hydrogens (tertiary/aromatic N) is 3. The second-order valence-corrected chi connectivity index (χ2v) is 4.92. The number of carbonyl (C=O) groups is 1. The zero-order chi connectivity index (χ0) is 15.0. The smallest absolute Gasteiger partial charge is 0.228 e. The van der Waals surface area contributed by atoms with E-state index in [0.717, 1.165) is 13.0 Å². The van der Waals surface area contributed by atoms with Gasteiger partial charge in [-0.25, -0.2) is 0 Å². The van der Waals surface area contributed by atoms with Gasteiger partial charge in [-0.3, -0.25) is 4.79 Å². The SMILES string of the molecule is CCCNc1nc(Cl)nc(NCCC(=O)NC(C)C)n1. The first-order valence-electron chi connectivity index (χ1n) is 6.70. The fraction of sp³-hybridized carbons (Fsp3) is 0.667. The summed E-state index contributed by atoms with van der Waals surface area (Å²) in [6.45, 7) is 7.08. The van der Waals surface area contributed by atoms with Crippen LogP contribution in [0.1, 0.15) is 33.6 Å². The van der Waals surface area contributed by atoms with Gasteiger partial charge in [0.15, 0.2) is 0 Å². The number of anilines is 2. The van der Waals surface area contributed by atoms with Gasteiger partial charge in [-0.05, 0) is 31.9 Å². The van der Waals surface area contributed by atoms with E-state index in [0.29, 0.717) is 24.9 Å². The fourth-order valence-electron chi connectivity index (χ4n) is 1.43. The summed E-state index contributed by atoms with van der Waals surface area (Å²) in [5.74, 6) is 0.777. The first kappa shape index (κ1) is 16.4. The summed E-state index contributed by atoms with van der Waals surface area (Å²) in [4.78, 5) is 23.6. The summed E-state index contributed by atoms with van der Waals surface area (Å²) in [7, 11) is 0. The van der Waals surface area contributed by atoms with Crippen LogP contribution in [-0.4, -0.2) is 40.0 Å². The van der Waals surface area contributed by atoms with E-state index < -0.39 is 0 Å². The highest BCUT2D eigenvalue weighted by atomic mass is 35.5. The van der Waals surface area contributed by atoms with Crippen LogP contribution in [0.15, 0.2) is 0 Å². The van der Waals surface area contributed by atoms with Crippen molar-refractivity contribution in [1.82, 2.24) is 20.3 Å². The van der Waals surface area contributed by atoms with Gasteiger partial charge in [0.1, 0.15) is 0 Å². The molecular weight excluding hydrogens is 280 g/mol. The lowest BCUT2D eigenvalue weighted by Gasteiger charge is -2.09. The fourth-order valence-corrected chi connectivity index (χ4v) is 1.59. The van der Waals surface area contributed by atoms with E-state index in [-0.39, 0.29) is 17.2 Å². The molecule has 1 rings (SSSR count). The minimum atomic E-state index is -0.0167. The van der Waals surface area contributed by atoms with E-state index in [1.54, 1.807) is 0 Å². The Morgan fingerprint density at radius 2 is 1.75 bits per heavy atom. The van der Waals surface area contributed by atoms with Crippen LogP contribution < -0.4 is 16.0 Å². The Kier molecular flexibility index (Phi) is 7.00. The second kappa shape index (κ2) is 8.52. The first-order chi connectivity index (χ1) is 9.51. The van der Waals surface area contributed by atoms with Crippen LogP contribution in [0.5, 0.6) is 0 Å². The minimum Gasteiger partial charge on any atom is -0.354 e. The van der Waals surface area contributed by atoms with Crippen LogP contribution >= 0.6 is 11.6 Å². The number of aromatic nitrogens is 3. The van der Waals surface area contributed by atoms with Gasteiger partial charge in [-0.1, -0.05) is 6.92 Å². The molecule has 20 heavy (non-hydrogen) atoms.